The number of fused-ring (bicyclic) bond motifs is 1. The lowest BCUT2D eigenvalue weighted by Gasteiger charge is -2.32. The number of halogens is 2. The number of carboxylic acids is 1. The quantitative estimate of drug-likeness (QED) is 0.614. The van der Waals surface area contributed by atoms with Crippen LogP contribution in [0, 0.1) is 5.92 Å². The van der Waals surface area contributed by atoms with Crippen molar-refractivity contribution in [3.05, 3.63) is 30.1 Å². The van der Waals surface area contributed by atoms with Gasteiger partial charge in [0, 0.05) is 26.2 Å². The van der Waals surface area contributed by atoms with Gasteiger partial charge in [0.1, 0.15) is 0 Å². The van der Waals surface area contributed by atoms with E-state index in [2.05, 4.69) is 19.9 Å². The largest absolute Gasteiger partial charge is 0.481 e. The standard InChI is InChI=1S/C21H23F2N7O3/c22-16(23)17-24-14-3-1-2-4-15(14)30(17)21-26-19(28-7-5-13(6-8-28)18(31)32)25-20(27-21)29-9-11-33-12-10-29/h1-4,13,16H,5-12H2,(H,31,32). The molecule has 1 aromatic carbocycles. The number of rotatable bonds is 5. The number of para-hydroxylation sites is 2. The topological polar surface area (TPSA) is 110 Å². The van der Waals surface area contributed by atoms with Crippen LogP contribution in [0.1, 0.15) is 25.1 Å². The van der Waals surface area contributed by atoms with Crippen molar-refractivity contribution in [2.24, 2.45) is 5.92 Å². The Balaban J connectivity index is 1.60. The summed E-state index contributed by atoms with van der Waals surface area (Å²) in [5.74, 6) is -0.896. The van der Waals surface area contributed by atoms with E-state index in [-0.39, 0.29) is 5.95 Å². The molecule has 5 rings (SSSR count). The van der Waals surface area contributed by atoms with Crippen LogP contribution >= 0.6 is 0 Å². The van der Waals surface area contributed by atoms with Crippen LogP contribution in [0.3, 0.4) is 0 Å². The molecule has 2 saturated heterocycles. The molecule has 1 N–H and O–H groups in total. The van der Waals surface area contributed by atoms with Crippen molar-refractivity contribution in [3.8, 4) is 5.95 Å². The van der Waals surface area contributed by atoms with Crippen LogP contribution in [0.4, 0.5) is 20.7 Å². The molecule has 2 fully saturated rings. The van der Waals surface area contributed by atoms with Crippen LogP contribution in [0.15, 0.2) is 24.3 Å². The lowest BCUT2D eigenvalue weighted by molar-refractivity contribution is -0.142. The molecule has 0 atom stereocenters. The van der Waals surface area contributed by atoms with E-state index in [1.165, 1.54) is 4.57 Å². The smallest absolute Gasteiger partial charge is 0.306 e. The molecule has 0 saturated carbocycles. The zero-order chi connectivity index (χ0) is 22.9. The normalized spacial score (nSPS) is 17.8. The summed E-state index contributed by atoms with van der Waals surface area (Å²) in [6.45, 7) is 3.06. The number of piperidine rings is 1. The molecule has 0 bridgehead atoms. The monoisotopic (exact) mass is 459 g/mol. The Morgan fingerprint density at radius 3 is 2.18 bits per heavy atom. The zero-order valence-electron chi connectivity index (χ0n) is 17.8. The minimum atomic E-state index is -2.82. The van der Waals surface area contributed by atoms with Gasteiger partial charge in [0.25, 0.3) is 6.43 Å². The molecule has 174 valence electrons. The summed E-state index contributed by atoms with van der Waals surface area (Å²) in [5, 5.41) is 9.30. The summed E-state index contributed by atoms with van der Waals surface area (Å²) >= 11 is 0. The summed E-state index contributed by atoms with van der Waals surface area (Å²) in [7, 11) is 0. The third kappa shape index (κ3) is 4.17. The Morgan fingerprint density at radius 1 is 0.939 bits per heavy atom. The van der Waals surface area contributed by atoms with Gasteiger partial charge < -0.3 is 19.6 Å². The van der Waals surface area contributed by atoms with Crippen molar-refractivity contribution < 1.29 is 23.4 Å². The summed E-state index contributed by atoms with van der Waals surface area (Å²) in [6, 6.07) is 6.85. The van der Waals surface area contributed by atoms with E-state index >= 15 is 0 Å². The maximum atomic E-state index is 13.9. The average molecular weight is 459 g/mol. The SMILES string of the molecule is O=C(O)C1CCN(c2nc(N3CCOCC3)nc(-n3c(C(F)F)nc4ccccc43)n2)CC1. The molecule has 12 heteroatoms. The Kier molecular flexibility index (Phi) is 5.75. The molecular weight excluding hydrogens is 436 g/mol. The molecule has 2 aliphatic rings. The van der Waals surface area contributed by atoms with Crippen LogP contribution in [-0.4, -0.2) is 75.0 Å². The van der Waals surface area contributed by atoms with Crippen LogP contribution in [0.25, 0.3) is 17.0 Å². The van der Waals surface area contributed by atoms with Gasteiger partial charge in [0.2, 0.25) is 17.8 Å². The predicted octanol–water partition coefficient (Wildman–Crippen LogP) is 2.29. The molecule has 0 radical (unpaired) electrons. The minimum absolute atomic E-state index is 0.0610. The third-order valence-electron chi connectivity index (χ3n) is 6.00. The van der Waals surface area contributed by atoms with Gasteiger partial charge in [-0.15, -0.1) is 0 Å². The summed E-state index contributed by atoms with van der Waals surface area (Å²) < 4.78 is 34.6. The molecule has 33 heavy (non-hydrogen) atoms. The Bertz CT molecular complexity index is 1160. The van der Waals surface area contributed by atoms with Gasteiger partial charge >= 0.3 is 5.97 Å². The molecule has 0 unspecified atom stereocenters. The van der Waals surface area contributed by atoms with Crippen molar-refractivity contribution in [2.45, 2.75) is 19.3 Å². The second-order valence-electron chi connectivity index (χ2n) is 8.03. The van der Waals surface area contributed by atoms with E-state index < -0.39 is 24.1 Å². The van der Waals surface area contributed by atoms with Crippen molar-refractivity contribution >= 4 is 28.9 Å². The number of aromatic nitrogens is 5. The van der Waals surface area contributed by atoms with Crippen molar-refractivity contribution in [2.75, 3.05) is 49.2 Å². The number of imidazole rings is 1. The average Bonchev–Trinajstić information content (AvgIpc) is 3.24. The first-order chi connectivity index (χ1) is 16.0. The molecule has 0 amide bonds. The fraction of sp³-hybridized carbons (Fsp3) is 0.476. The van der Waals surface area contributed by atoms with Crippen molar-refractivity contribution in [1.29, 1.82) is 0 Å². The van der Waals surface area contributed by atoms with E-state index in [0.29, 0.717) is 75.2 Å². The van der Waals surface area contributed by atoms with Crippen LogP contribution in [0.2, 0.25) is 0 Å². The highest BCUT2D eigenvalue weighted by atomic mass is 19.3. The van der Waals surface area contributed by atoms with Crippen LogP contribution < -0.4 is 9.80 Å². The lowest BCUT2D eigenvalue weighted by Crippen LogP contribution is -2.40. The first kappa shape index (κ1) is 21.4. The molecule has 0 aliphatic carbocycles. The molecular formula is C21H23F2N7O3. The zero-order valence-corrected chi connectivity index (χ0v) is 17.8. The predicted molar refractivity (Wildman–Crippen MR) is 115 cm³/mol. The number of hydrogen-bond donors (Lipinski definition) is 1. The van der Waals surface area contributed by atoms with E-state index in [4.69, 9.17) is 4.74 Å². The maximum Gasteiger partial charge on any atom is 0.306 e. The molecule has 3 aromatic rings. The fourth-order valence-electron chi connectivity index (χ4n) is 4.22. The van der Waals surface area contributed by atoms with E-state index in [0.717, 1.165) is 0 Å². The molecule has 0 spiro atoms. The number of nitrogens with zero attached hydrogens (tertiary/aromatic N) is 7. The van der Waals surface area contributed by atoms with Gasteiger partial charge in [0.05, 0.1) is 30.2 Å². The van der Waals surface area contributed by atoms with Gasteiger partial charge in [-0.3, -0.25) is 9.36 Å². The number of aliphatic carboxylic acids is 1. The number of morpholine rings is 1. The second kappa shape index (κ2) is 8.85. The van der Waals surface area contributed by atoms with Crippen molar-refractivity contribution in [3.63, 3.8) is 0 Å². The highest BCUT2D eigenvalue weighted by Gasteiger charge is 2.29. The first-order valence-corrected chi connectivity index (χ1v) is 10.8. The molecule has 10 nitrogen and oxygen atoms in total. The van der Waals surface area contributed by atoms with Gasteiger partial charge in [0.15, 0.2) is 5.82 Å². The summed E-state index contributed by atoms with van der Waals surface area (Å²) in [4.78, 5) is 33.0. The number of carboxylic acid groups (broad SMARTS) is 1. The minimum Gasteiger partial charge on any atom is -0.481 e. The molecule has 4 heterocycles. The first-order valence-electron chi connectivity index (χ1n) is 10.8. The number of anilines is 2. The Hall–Kier alpha value is -3.41. The van der Waals surface area contributed by atoms with E-state index in [1.807, 2.05) is 9.80 Å². The van der Waals surface area contributed by atoms with Crippen molar-refractivity contribution in [1.82, 2.24) is 24.5 Å². The van der Waals surface area contributed by atoms with Crippen LogP contribution in [-0.2, 0) is 9.53 Å². The second-order valence-corrected chi connectivity index (χ2v) is 8.03. The summed E-state index contributed by atoms with van der Waals surface area (Å²) in [6.07, 6.45) is -1.91. The Morgan fingerprint density at radius 2 is 1.55 bits per heavy atom. The van der Waals surface area contributed by atoms with Gasteiger partial charge in [-0.05, 0) is 25.0 Å². The molecule has 2 aliphatic heterocycles. The third-order valence-corrected chi connectivity index (χ3v) is 6.00. The van der Waals surface area contributed by atoms with Gasteiger partial charge in [-0.25, -0.2) is 13.8 Å². The summed E-state index contributed by atoms with van der Waals surface area (Å²) in [5.41, 5.74) is 0.896. The Labute approximate surface area is 187 Å². The highest BCUT2D eigenvalue weighted by Crippen LogP contribution is 2.29. The highest BCUT2D eigenvalue weighted by molar-refractivity contribution is 5.77. The lowest BCUT2D eigenvalue weighted by atomic mass is 9.97. The van der Waals surface area contributed by atoms with E-state index in [1.54, 1.807) is 24.3 Å². The maximum absolute atomic E-state index is 13.9. The van der Waals surface area contributed by atoms with Gasteiger partial charge in [-0.1, -0.05) is 12.1 Å². The number of hydrogen-bond acceptors (Lipinski definition) is 8. The van der Waals surface area contributed by atoms with E-state index in [9.17, 15) is 18.7 Å². The number of alkyl halides is 2. The fourth-order valence-corrected chi connectivity index (χ4v) is 4.22. The molecule has 2 aromatic heterocycles. The van der Waals surface area contributed by atoms with Gasteiger partial charge in [-0.2, -0.15) is 15.0 Å². The number of carbonyl (C=O) groups is 1. The van der Waals surface area contributed by atoms with Crippen LogP contribution in [0.5, 0.6) is 0 Å². The number of benzene rings is 1. The number of ether oxygens (including phenoxy) is 1.